The molecular weight excluding hydrogens is 344 g/mol. The van der Waals surface area contributed by atoms with Crippen molar-refractivity contribution in [1.82, 2.24) is 4.90 Å². The molecule has 152 valence electrons. The third-order valence-electron chi connectivity index (χ3n) is 5.17. The normalized spacial score (nSPS) is 11.5. The van der Waals surface area contributed by atoms with E-state index in [1.54, 1.807) is 0 Å². The molecule has 2 aromatic rings. The molecule has 3 nitrogen and oxygen atoms in total. The first kappa shape index (κ1) is 22.2. The zero-order chi connectivity index (χ0) is 21.0. The van der Waals surface area contributed by atoms with E-state index in [-0.39, 0.29) is 5.91 Å². The molecule has 0 heterocycles. The molecule has 3 heteroatoms. The predicted octanol–water partition coefficient (Wildman–Crippen LogP) is 5.79. The molecule has 0 bridgehead atoms. The van der Waals surface area contributed by atoms with Crippen LogP contribution < -0.4 is 5.32 Å². The number of nitrogens with one attached hydrogen (secondary N) is 1. The third-order valence-corrected chi connectivity index (χ3v) is 5.17. The Labute approximate surface area is 171 Å². The van der Waals surface area contributed by atoms with E-state index in [0.717, 1.165) is 17.8 Å². The summed E-state index contributed by atoms with van der Waals surface area (Å²) in [6.45, 7) is 13.8. The van der Waals surface area contributed by atoms with Gasteiger partial charge in [-0.15, -0.1) is 0 Å². The highest BCUT2D eigenvalue weighted by atomic mass is 16.1. The average molecular weight is 381 g/mol. The molecule has 0 spiro atoms. The minimum atomic E-state index is 0.0556. The summed E-state index contributed by atoms with van der Waals surface area (Å²) in [5.74, 6) is 0.777. The largest absolute Gasteiger partial charge is 0.325 e. The molecule has 0 atom stereocenters. The van der Waals surface area contributed by atoms with E-state index < -0.39 is 0 Å². The number of benzene rings is 2. The lowest BCUT2D eigenvalue weighted by Gasteiger charge is -2.21. The molecule has 1 amide bonds. The van der Waals surface area contributed by atoms with Gasteiger partial charge in [0.2, 0.25) is 5.91 Å². The Morgan fingerprint density at radius 1 is 1.00 bits per heavy atom. The summed E-state index contributed by atoms with van der Waals surface area (Å²) >= 11 is 0. The van der Waals surface area contributed by atoms with E-state index in [4.69, 9.17) is 0 Å². The molecule has 0 aliphatic rings. The van der Waals surface area contributed by atoms with E-state index in [0.29, 0.717) is 18.3 Å². The summed E-state index contributed by atoms with van der Waals surface area (Å²) in [5.41, 5.74) is 8.23. The van der Waals surface area contributed by atoms with Crippen molar-refractivity contribution in [3.63, 3.8) is 0 Å². The zero-order valence-electron chi connectivity index (χ0n) is 18.8. The van der Waals surface area contributed by atoms with Gasteiger partial charge in [0.1, 0.15) is 0 Å². The molecule has 2 aromatic carbocycles. The topological polar surface area (TPSA) is 32.3 Å². The summed E-state index contributed by atoms with van der Waals surface area (Å²) < 4.78 is 0. The number of nitrogens with zero attached hydrogens (tertiary/aromatic N) is 1. The van der Waals surface area contributed by atoms with Crippen LogP contribution in [0.4, 0.5) is 5.69 Å². The monoisotopic (exact) mass is 380 g/mol. The van der Waals surface area contributed by atoms with E-state index in [9.17, 15) is 4.79 Å². The maximum absolute atomic E-state index is 13.1. The van der Waals surface area contributed by atoms with Gasteiger partial charge in [-0.1, -0.05) is 63.6 Å². The summed E-state index contributed by atoms with van der Waals surface area (Å²) in [5, 5.41) is 3.26. The van der Waals surface area contributed by atoms with Gasteiger partial charge >= 0.3 is 0 Å². The summed E-state index contributed by atoms with van der Waals surface area (Å²) in [4.78, 5) is 15.2. The molecule has 1 N–H and O–H groups in total. The Bertz CT molecular complexity index is 808. The van der Waals surface area contributed by atoms with Crippen molar-refractivity contribution < 1.29 is 4.79 Å². The van der Waals surface area contributed by atoms with Crippen LogP contribution in [0.15, 0.2) is 30.3 Å². The van der Waals surface area contributed by atoms with Crippen LogP contribution in [-0.4, -0.2) is 24.9 Å². The SMILES string of the molecule is Cc1cc(C)c(CN(C)C)c(CC(=O)Nc2c(C(C)C)cccc2C(C)C)c1. The second-order valence-electron chi connectivity index (χ2n) is 8.80. The number of amides is 1. The smallest absolute Gasteiger partial charge is 0.228 e. The Morgan fingerprint density at radius 3 is 2.07 bits per heavy atom. The number of carbonyl (C=O) groups excluding carboxylic acids is 1. The predicted molar refractivity (Wildman–Crippen MR) is 120 cm³/mol. The first-order valence-corrected chi connectivity index (χ1v) is 10.3. The maximum Gasteiger partial charge on any atom is 0.228 e. The van der Waals surface area contributed by atoms with Crippen molar-refractivity contribution in [2.24, 2.45) is 0 Å². The van der Waals surface area contributed by atoms with Crippen LogP contribution in [0, 0.1) is 13.8 Å². The minimum absolute atomic E-state index is 0.0556. The average Bonchev–Trinajstić information content (AvgIpc) is 2.57. The van der Waals surface area contributed by atoms with Gasteiger partial charge in [-0.3, -0.25) is 4.79 Å². The van der Waals surface area contributed by atoms with Crippen LogP contribution in [0.25, 0.3) is 0 Å². The summed E-state index contributed by atoms with van der Waals surface area (Å²) in [6.07, 6.45) is 0.398. The van der Waals surface area contributed by atoms with Crippen LogP contribution in [0.3, 0.4) is 0 Å². The van der Waals surface area contributed by atoms with Crippen molar-refractivity contribution >= 4 is 11.6 Å². The Kier molecular flexibility index (Phi) is 7.42. The fraction of sp³-hybridized carbons (Fsp3) is 0.480. The van der Waals surface area contributed by atoms with Gasteiger partial charge in [0.15, 0.2) is 0 Å². The van der Waals surface area contributed by atoms with Crippen molar-refractivity contribution in [3.8, 4) is 0 Å². The summed E-state index contributed by atoms with van der Waals surface area (Å²) in [6, 6.07) is 10.7. The number of hydrogen-bond acceptors (Lipinski definition) is 2. The lowest BCUT2D eigenvalue weighted by Crippen LogP contribution is -2.20. The molecule has 0 fully saturated rings. The molecule has 0 saturated heterocycles. The number of rotatable bonds is 7. The number of aryl methyl sites for hydroxylation is 2. The maximum atomic E-state index is 13.1. The van der Waals surface area contributed by atoms with Gasteiger partial charge < -0.3 is 10.2 Å². The molecular formula is C25H36N2O. The Hall–Kier alpha value is -2.13. The fourth-order valence-electron chi connectivity index (χ4n) is 3.84. The lowest BCUT2D eigenvalue weighted by molar-refractivity contribution is -0.115. The van der Waals surface area contributed by atoms with Crippen molar-refractivity contribution in [2.45, 2.75) is 66.3 Å². The Morgan fingerprint density at radius 2 is 1.57 bits per heavy atom. The van der Waals surface area contributed by atoms with Crippen LogP contribution in [0.5, 0.6) is 0 Å². The van der Waals surface area contributed by atoms with Gasteiger partial charge in [-0.05, 0) is 67.6 Å². The first-order valence-electron chi connectivity index (χ1n) is 10.3. The number of hydrogen-bond donors (Lipinski definition) is 1. The molecule has 28 heavy (non-hydrogen) atoms. The van der Waals surface area contributed by atoms with Crippen molar-refractivity contribution in [2.75, 3.05) is 19.4 Å². The van der Waals surface area contributed by atoms with Gasteiger partial charge in [-0.2, -0.15) is 0 Å². The highest BCUT2D eigenvalue weighted by molar-refractivity contribution is 5.94. The number of carbonyl (C=O) groups is 1. The van der Waals surface area contributed by atoms with Gasteiger partial charge in [0.05, 0.1) is 6.42 Å². The Balaban J connectivity index is 2.36. The van der Waals surface area contributed by atoms with Gasteiger partial charge in [0, 0.05) is 12.2 Å². The molecule has 2 rings (SSSR count). The molecule has 0 aliphatic carbocycles. The zero-order valence-corrected chi connectivity index (χ0v) is 18.8. The first-order chi connectivity index (χ1) is 13.1. The minimum Gasteiger partial charge on any atom is -0.325 e. The van der Waals surface area contributed by atoms with E-state index in [1.165, 1.54) is 27.8 Å². The van der Waals surface area contributed by atoms with Crippen LogP contribution in [0.1, 0.15) is 72.9 Å². The molecule has 0 radical (unpaired) electrons. The number of anilines is 1. The molecule has 0 aromatic heterocycles. The third kappa shape index (κ3) is 5.45. The number of para-hydroxylation sites is 1. The molecule has 0 saturated carbocycles. The van der Waals surface area contributed by atoms with Crippen LogP contribution in [0.2, 0.25) is 0 Å². The molecule has 0 unspecified atom stereocenters. The standard InChI is InChI=1S/C25H36N2O/c1-16(2)21-10-9-11-22(17(3)4)25(21)26-24(28)14-20-13-18(5)12-19(6)23(20)15-27(7)8/h9-13,16-17H,14-15H2,1-8H3,(H,26,28). The van der Waals surface area contributed by atoms with Gasteiger partial charge in [-0.25, -0.2) is 0 Å². The fourth-order valence-corrected chi connectivity index (χ4v) is 3.84. The lowest BCUT2D eigenvalue weighted by atomic mass is 9.92. The van der Waals surface area contributed by atoms with Crippen LogP contribution >= 0.6 is 0 Å². The van der Waals surface area contributed by atoms with Crippen molar-refractivity contribution in [1.29, 1.82) is 0 Å². The van der Waals surface area contributed by atoms with E-state index >= 15 is 0 Å². The van der Waals surface area contributed by atoms with E-state index in [1.807, 2.05) is 0 Å². The second-order valence-corrected chi connectivity index (χ2v) is 8.80. The molecule has 0 aliphatic heterocycles. The highest BCUT2D eigenvalue weighted by Crippen LogP contribution is 2.32. The second kappa shape index (κ2) is 9.38. The van der Waals surface area contributed by atoms with Crippen LogP contribution in [-0.2, 0) is 17.8 Å². The highest BCUT2D eigenvalue weighted by Gasteiger charge is 2.18. The van der Waals surface area contributed by atoms with Gasteiger partial charge in [0.25, 0.3) is 0 Å². The van der Waals surface area contributed by atoms with Crippen molar-refractivity contribution in [3.05, 3.63) is 63.7 Å². The summed E-state index contributed by atoms with van der Waals surface area (Å²) in [7, 11) is 4.13. The quantitative estimate of drug-likeness (QED) is 0.659. The van der Waals surface area contributed by atoms with E-state index in [2.05, 4.69) is 96.2 Å².